The summed E-state index contributed by atoms with van der Waals surface area (Å²) < 4.78 is 18.7. The molecule has 4 aromatic heterocycles. The second kappa shape index (κ2) is 8.61. The van der Waals surface area contributed by atoms with Gasteiger partial charge in [-0.05, 0) is 49.2 Å². The van der Waals surface area contributed by atoms with E-state index >= 15 is 0 Å². The smallest absolute Gasteiger partial charge is 0.153 e. The molecule has 0 N–H and O–H groups in total. The molecule has 0 spiro atoms. The summed E-state index contributed by atoms with van der Waals surface area (Å²) in [5, 5.41) is 10.4. The summed E-state index contributed by atoms with van der Waals surface area (Å²) in [7, 11) is 0. The lowest BCUT2D eigenvalue weighted by Crippen LogP contribution is -2.34. The SMILES string of the molecule is CCN1CCC(n2cc(-c3ccc4ncc(Cc5cc6cccnc6cc5F)n4n3)cn2)CC1. The first-order valence-corrected chi connectivity index (χ1v) is 11.8. The van der Waals surface area contributed by atoms with Crippen LogP contribution in [0.2, 0.25) is 0 Å². The van der Waals surface area contributed by atoms with Crippen LogP contribution in [0.25, 0.3) is 27.8 Å². The third kappa shape index (κ3) is 3.84. The molecular weight excluding hydrogens is 429 g/mol. The average molecular weight is 456 g/mol. The van der Waals surface area contributed by atoms with Gasteiger partial charge in [0.2, 0.25) is 0 Å². The minimum Gasteiger partial charge on any atom is -0.303 e. The van der Waals surface area contributed by atoms with E-state index in [1.54, 1.807) is 16.9 Å². The molecule has 1 fully saturated rings. The molecule has 8 heteroatoms. The van der Waals surface area contributed by atoms with Crippen molar-refractivity contribution in [1.29, 1.82) is 0 Å². The van der Waals surface area contributed by atoms with Crippen LogP contribution in [0.15, 0.2) is 61.2 Å². The Morgan fingerprint density at radius 3 is 2.79 bits per heavy atom. The molecule has 6 rings (SSSR count). The maximum Gasteiger partial charge on any atom is 0.153 e. The number of halogens is 1. The number of piperidine rings is 1. The lowest BCUT2D eigenvalue weighted by molar-refractivity contribution is 0.187. The highest BCUT2D eigenvalue weighted by atomic mass is 19.1. The molecule has 7 nitrogen and oxygen atoms in total. The minimum absolute atomic E-state index is 0.271. The van der Waals surface area contributed by atoms with Gasteiger partial charge in [0.05, 0.1) is 35.3 Å². The fraction of sp³-hybridized carbons (Fsp3) is 0.308. The van der Waals surface area contributed by atoms with Crippen molar-refractivity contribution in [2.45, 2.75) is 32.2 Å². The van der Waals surface area contributed by atoms with Crippen molar-refractivity contribution in [3.63, 3.8) is 0 Å². The monoisotopic (exact) mass is 455 g/mol. The molecule has 5 aromatic rings. The zero-order valence-electron chi connectivity index (χ0n) is 19.1. The summed E-state index contributed by atoms with van der Waals surface area (Å²) in [5.41, 5.74) is 4.62. The van der Waals surface area contributed by atoms with E-state index in [4.69, 9.17) is 5.10 Å². The zero-order chi connectivity index (χ0) is 23.1. The van der Waals surface area contributed by atoms with Crippen LogP contribution < -0.4 is 0 Å². The van der Waals surface area contributed by atoms with E-state index in [1.807, 2.05) is 36.5 Å². The number of hydrogen-bond acceptors (Lipinski definition) is 5. The Kier molecular flexibility index (Phi) is 5.30. The molecule has 0 unspecified atom stereocenters. The van der Waals surface area contributed by atoms with E-state index in [-0.39, 0.29) is 5.82 Å². The Balaban J connectivity index is 1.28. The number of hydrogen-bond donors (Lipinski definition) is 0. The Hall–Kier alpha value is -3.65. The third-order valence-electron chi connectivity index (χ3n) is 6.85. The van der Waals surface area contributed by atoms with E-state index in [0.29, 0.717) is 23.5 Å². The lowest BCUT2D eigenvalue weighted by Gasteiger charge is -2.31. The van der Waals surface area contributed by atoms with Crippen LogP contribution in [-0.4, -0.2) is 53.9 Å². The largest absolute Gasteiger partial charge is 0.303 e. The second-order valence-corrected chi connectivity index (χ2v) is 8.93. The molecule has 0 bridgehead atoms. The fourth-order valence-corrected chi connectivity index (χ4v) is 4.84. The van der Waals surface area contributed by atoms with Crippen LogP contribution >= 0.6 is 0 Å². The summed E-state index contributed by atoms with van der Waals surface area (Å²) in [4.78, 5) is 11.2. The predicted octanol–water partition coefficient (Wildman–Crippen LogP) is 4.53. The number of rotatable bonds is 5. The van der Waals surface area contributed by atoms with Gasteiger partial charge in [-0.1, -0.05) is 13.0 Å². The van der Waals surface area contributed by atoms with Crippen molar-refractivity contribution in [3.8, 4) is 11.3 Å². The Bertz CT molecular complexity index is 1460. The van der Waals surface area contributed by atoms with Gasteiger partial charge in [-0.3, -0.25) is 9.67 Å². The molecule has 34 heavy (non-hydrogen) atoms. The van der Waals surface area contributed by atoms with E-state index in [9.17, 15) is 4.39 Å². The molecule has 0 radical (unpaired) electrons. The minimum atomic E-state index is -0.271. The number of aromatic nitrogens is 6. The third-order valence-corrected chi connectivity index (χ3v) is 6.85. The summed E-state index contributed by atoms with van der Waals surface area (Å²) in [5.74, 6) is -0.271. The van der Waals surface area contributed by atoms with Crippen LogP contribution in [0, 0.1) is 5.82 Å². The molecule has 1 saturated heterocycles. The van der Waals surface area contributed by atoms with Crippen molar-refractivity contribution < 1.29 is 4.39 Å². The van der Waals surface area contributed by atoms with Crippen LogP contribution in [-0.2, 0) is 6.42 Å². The maximum atomic E-state index is 14.8. The summed E-state index contributed by atoms with van der Waals surface area (Å²) >= 11 is 0. The molecule has 0 saturated carbocycles. The van der Waals surface area contributed by atoms with Crippen LogP contribution in [0.1, 0.15) is 37.1 Å². The number of fused-ring (bicyclic) bond motifs is 2. The van der Waals surface area contributed by atoms with Gasteiger partial charge in [0.25, 0.3) is 0 Å². The molecule has 1 aliphatic rings. The van der Waals surface area contributed by atoms with Crippen LogP contribution in [0.3, 0.4) is 0 Å². The summed E-state index contributed by atoms with van der Waals surface area (Å²) in [6.07, 6.45) is 10.0. The topological polar surface area (TPSA) is 64.1 Å². The molecule has 1 aliphatic heterocycles. The van der Waals surface area contributed by atoms with Gasteiger partial charge < -0.3 is 4.90 Å². The van der Waals surface area contributed by atoms with Gasteiger partial charge >= 0.3 is 0 Å². The Labute approximate surface area is 196 Å². The number of benzene rings is 1. The van der Waals surface area contributed by atoms with E-state index in [1.165, 1.54) is 6.07 Å². The van der Waals surface area contributed by atoms with Gasteiger partial charge in [-0.25, -0.2) is 13.9 Å². The molecule has 0 aliphatic carbocycles. The molecular formula is C26H26FN7. The van der Waals surface area contributed by atoms with E-state index in [2.05, 4.69) is 37.8 Å². The highest BCUT2D eigenvalue weighted by Crippen LogP contribution is 2.25. The molecule has 0 amide bonds. The fourth-order valence-electron chi connectivity index (χ4n) is 4.84. The zero-order valence-corrected chi connectivity index (χ0v) is 19.1. The Morgan fingerprint density at radius 1 is 1.06 bits per heavy atom. The van der Waals surface area contributed by atoms with Gasteiger partial charge in [-0.2, -0.15) is 10.2 Å². The van der Waals surface area contributed by atoms with Crippen molar-refractivity contribution in [1.82, 2.24) is 34.3 Å². The van der Waals surface area contributed by atoms with Gasteiger partial charge in [0.1, 0.15) is 5.82 Å². The van der Waals surface area contributed by atoms with Crippen molar-refractivity contribution in [2.75, 3.05) is 19.6 Å². The van der Waals surface area contributed by atoms with Crippen LogP contribution in [0.5, 0.6) is 0 Å². The average Bonchev–Trinajstić information content (AvgIpc) is 3.52. The van der Waals surface area contributed by atoms with Gasteiger partial charge in [0.15, 0.2) is 5.65 Å². The van der Waals surface area contributed by atoms with Crippen LogP contribution in [0.4, 0.5) is 4.39 Å². The number of pyridine rings is 1. The lowest BCUT2D eigenvalue weighted by atomic mass is 10.1. The first-order valence-electron chi connectivity index (χ1n) is 11.8. The van der Waals surface area contributed by atoms with Crippen molar-refractivity contribution >= 4 is 16.6 Å². The number of likely N-dealkylation sites (tertiary alicyclic amines) is 1. The first-order chi connectivity index (χ1) is 16.7. The maximum absolute atomic E-state index is 14.8. The summed E-state index contributed by atoms with van der Waals surface area (Å²) in [6.45, 7) is 5.54. The van der Waals surface area contributed by atoms with Gasteiger partial charge in [0, 0.05) is 48.9 Å². The van der Waals surface area contributed by atoms with E-state index in [0.717, 1.165) is 60.5 Å². The number of nitrogens with zero attached hydrogens (tertiary/aromatic N) is 7. The quantitative estimate of drug-likeness (QED) is 0.390. The van der Waals surface area contributed by atoms with Gasteiger partial charge in [-0.15, -0.1) is 0 Å². The molecule has 172 valence electrons. The standard InChI is InChI=1S/C26H26FN7/c1-2-32-10-7-21(8-11-32)33-17-20(15-30-33)24-5-6-26-29-16-22(34(26)31-24)13-19-12-18-4-3-9-28-25(18)14-23(19)27/h3-6,9,12,14-17,21H,2,7-8,10-11,13H2,1H3. The number of imidazole rings is 1. The van der Waals surface area contributed by atoms with Crippen molar-refractivity contribution in [2.24, 2.45) is 0 Å². The highest BCUT2D eigenvalue weighted by Gasteiger charge is 2.20. The normalized spacial score (nSPS) is 15.5. The molecule has 0 atom stereocenters. The highest BCUT2D eigenvalue weighted by molar-refractivity contribution is 5.79. The van der Waals surface area contributed by atoms with E-state index < -0.39 is 0 Å². The second-order valence-electron chi connectivity index (χ2n) is 8.93. The molecule has 5 heterocycles. The predicted molar refractivity (Wildman–Crippen MR) is 129 cm³/mol. The summed E-state index contributed by atoms with van der Waals surface area (Å²) in [6, 6.07) is 11.5. The Morgan fingerprint density at radius 2 is 1.94 bits per heavy atom. The first kappa shape index (κ1) is 20.9. The molecule has 1 aromatic carbocycles. The van der Waals surface area contributed by atoms with Crippen molar-refractivity contribution in [3.05, 3.63) is 78.3 Å².